The first kappa shape index (κ1) is 24.5. The van der Waals surface area contributed by atoms with E-state index >= 15 is 0 Å². The molecule has 0 saturated carbocycles. The third-order valence-corrected chi connectivity index (χ3v) is 6.76. The molecule has 0 bridgehead atoms. The highest BCUT2D eigenvalue weighted by Crippen LogP contribution is 2.32. The van der Waals surface area contributed by atoms with Crippen molar-refractivity contribution in [2.24, 2.45) is 4.99 Å². The number of halogens is 1. The van der Waals surface area contributed by atoms with E-state index in [4.69, 9.17) is 9.73 Å². The summed E-state index contributed by atoms with van der Waals surface area (Å²) in [4.78, 5) is 32.2. The molecule has 0 aromatic heterocycles. The summed E-state index contributed by atoms with van der Waals surface area (Å²) >= 11 is 1.26. The fourth-order valence-corrected chi connectivity index (χ4v) is 4.81. The van der Waals surface area contributed by atoms with Crippen LogP contribution >= 0.6 is 11.8 Å². The number of methoxy groups -OCH3 is 1. The molecule has 6 nitrogen and oxygen atoms in total. The van der Waals surface area contributed by atoms with E-state index in [1.165, 1.54) is 23.9 Å². The molecule has 1 saturated heterocycles. The number of aryl methyl sites for hydroxylation is 1. The lowest BCUT2D eigenvalue weighted by Gasteiger charge is -2.17. The van der Waals surface area contributed by atoms with Gasteiger partial charge in [0.05, 0.1) is 18.5 Å². The summed E-state index contributed by atoms with van der Waals surface area (Å²) in [5.41, 5.74) is 3.00. The number of nitrogens with zero attached hydrogens (tertiary/aromatic N) is 2. The number of rotatable bonds is 8. The van der Waals surface area contributed by atoms with E-state index in [1.54, 1.807) is 24.1 Å². The van der Waals surface area contributed by atoms with E-state index in [-0.39, 0.29) is 18.0 Å². The van der Waals surface area contributed by atoms with Crippen molar-refractivity contribution in [3.8, 4) is 5.75 Å². The molecule has 0 radical (unpaired) electrons. The van der Waals surface area contributed by atoms with Crippen LogP contribution in [0.25, 0.3) is 0 Å². The summed E-state index contributed by atoms with van der Waals surface area (Å²) in [7, 11) is 1.62. The van der Waals surface area contributed by atoms with Crippen molar-refractivity contribution in [3.05, 3.63) is 89.7 Å². The standard InChI is InChI=1S/C27H26FN3O3S/c1-18-7-11-20(12-8-18)29-27-31(16-15-19-9-13-21(34-2)14-10-19)26(33)24(35-27)17-25(32)30-23-6-4-3-5-22(23)28/h3-14,24H,15-17H2,1-2H3,(H,30,32). The van der Waals surface area contributed by atoms with Gasteiger partial charge in [0.2, 0.25) is 11.8 Å². The van der Waals surface area contributed by atoms with E-state index in [1.807, 2.05) is 55.5 Å². The average Bonchev–Trinajstić information content (AvgIpc) is 3.14. The molecule has 1 N–H and O–H groups in total. The van der Waals surface area contributed by atoms with E-state index in [0.717, 1.165) is 22.6 Å². The second-order valence-electron chi connectivity index (χ2n) is 8.16. The van der Waals surface area contributed by atoms with Gasteiger partial charge in [0.15, 0.2) is 5.17 Å². The molecule has 4 rings (SSSR count). The zero-order valence-corrected chi connectivity index (χ0v) is 20.3. The number of para-hydroxylation sites is 1. The fourth-order valence-electron chi connectivity index (χ4n) is 3.63. The molecule has 1 heterocycles. The lowest BCUT2D eigenvalue weighted by atomic mass is 10.1. The molecule has 0 spiro atoms. The van der Waals surface area contributed by atoms with Crippen LogP contribution in [0.3, 0.4) is 0 Å². The van der Waals surface area contributed by atoms with Crippen LogP contribution in [0.1, 0.15) is 17.5 Å². The molecular formula is C27H26FN3O3S. The summed E-state index contributed by atoms with van der Waals surface area (Å²) in [6.07, 6.45) is 0.543. The summed E-state index contributed by atoms with van der Waals surface area (Å²) in [6.45, 7) is 2.42. The first-order chi connectivity index (χ1) is 16.9. The summed E-state index contributed by atoms with van der Waals surface area (Å²) in [5, 5.41) is 2.48. The second kappa shape index (κ2) is 11.2. The highest BCUT2D eigenvalue weighted by Gasteiger charge is 2.39. The molecule has 1 fully saturated rings. The average molecular weight is 492 g/mol. The van der Waals surface area contributed by atoms with Gasteiger partial charge in [-0.3, -0.25) is 14.5 Å². The zero-order chi connectivity index (χ0) is 24.8. The number of carbonyl (C=O) groups excluding carboxylic acids is 2. The van der Waals surface area contributed by atoms with Crippen LogP contribution in [-0.2, 0) is 16.0 Å². The summed E-state index contributed by atoms with van der Waals surface area (Å²) in [5.74, 6) is -0.358. The lowest BCUT2D eigenvalue weighted by molar-refractivity contribution is -0.128. The van der Waals surface area contributed by atoms with Crippen LogP contribution in [0.5, 0.6) is 5.75 Å². The SMILES string of the molecule is COc1ccc(CCN2C(=O)C(CC(=O)Nc3ccccc3F)SC2=Nc2ccc(C)cc2)cc1. The Morgan fingerprint density at radius 1 is 1.09 bits per heavy atom. The third kappa shape index (κ3) is 6.27. The van der Waals surface area contributed by atoms with Gasteiger partial charge in [-0.15, -0.1) is 0 Å². The van der Waals surface area contributed by atoms with Crippen molar-refractivity contribution in [2.75, 3.05) is 19.0 Å². The van der Waals surface area contributed by atoms with Gasteiger partial charge in [-0.2, -0.15) is 0 Å². The molecular weight excluding hydrogens is 465 g/mol. The third-order valence-electron chi connectivity index (χ3n) is 5.58. The Morgan fingerprint density at radius 2 is 1.80 bits per heavy atom. The van der Waals surface area contributed by atoms with Crippen LogP contribution in [0.2, 0.25) is 0 Å². The number of anilines is 1. The number of nitrogens with one attached hydrogen (secondary N) is 1. The molecule has 2 amide bonds. The predicted molar refractivity (Wildman–Crippen MR) is 138 cm³/mol. The molecule has 1 aliphatic heterocycles. The van der Waals surface area contributed by atoms with Crippen molar-refractivity contribution in [1.29, 1.82) is 0 Å². The van der Waals surface area contributed by atoms with Crippen molar-refractivity contribution in [1.82, 2.24) is 4.90 Å². The van der Waals surface area contributed by atoms with E-state index < -0.39 is 17.0 Å². The van der Waals surface area contributed by atoms with Gasteiger partial charge in [-0.25, -0.2) is 9.38 Å². The zero-order valence-electron chi connectivity index (χ0n) is 19.5. The van der Waals surface area contributed by atoms with Crippen molar-refractivity contribution in [3.63, 3.8) is 0 Å². The van der Waals surface area contributed by atoms with Gasteiger partial charge in [0, 0.05) is 13.0 Å². The van der Waals surface area contributed by atoms with Gasteiger partial charge in [-0.1, -0.05) is 53.7 Å². The van der Waals surface area contributed by atoms with Gasteiger partial charge in [0.25, 0.3) is 0 Å². The minimum Gasteiger partial charge on any atom is -0.497 e. The van der Waals surface area contributed by atoms with Gasteiger partial charge in [-0.05, 0) is 55.3 Å². The molecule has 8 heteroatoms. The highest BCUT2D eigenvalue weighted by atomic mass is 32.2. The monoisotopic (exact) mass is 491 g/mol. The predicted octanol–water partition coefficient (Wildman–Crippen LogP) is 5.35. The number of carbonyl (C=O) groups is 2. The van der Waals surface area contributed by atoms with Crippen LogP contribution < -0.4 is 10.1 Å². The van der Waals surface area contributed by atoms with Crippen LogP contribution in [0.15, 0.2) is 77.8 Å². The maximum absolute atomic E-state index is 13.9. The number of hydrogen-bond acceptors (Lipinski definition) is 5. The smallest absolute Gasteiger partial charge is 0.242 e. The number of benzene rings is 3. The quantitative estimate of drug-likeness (QED) is 0.461. The van der Waals surface area contributed by atoms with Gasteiger partial charge < -0.3 is 10.1 Å². The summed E-state index contributed by atoms with van der Waals surface area (Å²) < 4.78 is 19.1. The Labute approximate surface area is 208 Å². The van der Waals surface area contributed by atoms with E-state index in [9.17, 15) is 14.0 Å². The first-order valence-corrected chi connectivity index (χ1v) is 12.1. The summed E-state index contributed by atoms with van der Waals surface area (Å²) in [6, 6.07) is 21.4. The van der Waals surface area contributed by atoms with Crippen LogP contribution in [-0.4, -0.2) is 40.8 Å². The lowest BCUT2D eigenvalue weighted by Crippen LogP contribution is -2.35. The maximum atomic E-state index is 13.9. The number of ether oxygens (including phenoxy) is 1. The molecule has 0 aliphatic carbocycles. The number of thioether (sulfide) groups is 1. The Bertz CT molecular complexity index is 1230. The first-order valence-electron chi connectivity index (χ1n) is 11.2. The number of amides is 2. The van der Waals surface area contributed by atoms with Crippen molar-refractivity contribution >= 4 is 40.1 Å². The Kier molecular flexibility index (Phi) is 7.82. The van der Waals surface area contributed by atoms with E-state index in [0.29, 0.717) is 18.1 Å². The maximum Gasteiger partial charge on any atom is 0.242 e. The normalized spacial score (nSPS) is 16.5. The Morgan fingerprint density at radius 3 is 2.49 bits per heavy atom. The van der Waals surface area contributed by atoms with Gasteiger partial charge >= 0.3 is 0 Å². The largest absolute Gasteiger partial charge is 0.497 e. The Balaban J connectivity index is 1.50. The number of aliphatic imine (C=N–C) groups is 1. The van der Waals surface area contributed by atoms with Gasteiger partial charge in [0.1, 0.15) is 16.8 Å². The Hall–Kier alpha value is -3.65. The highest BCUT2D eigenvalue weighted by molar-refractivity contribution is 8.15. The fraction of sp³-hybridized carbons (Fsp3) is 0.222. The molecule has 1 unspecified atom stereocenters. The minimum atomic E-state index is -0.637. The minimum absolute atomic E-state index is 0.0796. The molecule has 1 aliphatic rings. The van der Waals surface area contributed by atoms with Crippen LogP contribution in [0.4, 0.5) is 15.8 Å². The van der Waals surface area contributed by atoms with E-state index in [2.05, 4.69) is 5.32 Å². The molecule has 180 valence electrons. The molecule has 3 aromatic rings. The van der Waals surface area contributed by atoms with Crippen molar-refractivity contribution in [2.45, 2.75) is 25.0 Å². The number of hydrogen-bond donors (Lipinski definition) is 1. The topological polar surface area (TPSA) is 71.0 Å². The molecule has 1 atom stereocenters. The molecule has 3 aromatic carbocycles. The second-order valence-corrected chi connectivity index (χ2v) is 9.33. The van der Waals surface area contributed by atoms with Crippen molar-refractivity contribution < 1.29 is 18.7 Å². The molecule has 35 heavy (non-hydrogen) atoms. The number of amidine groups is 1. The van der Waals surface area contributed by atoms with Crippen LogP contribution in [0, 0.1) is 12.7 Å².